The summed E-state index contributed by atoms with van der Waals surface area (Å²) in [6.07, 6.45) is 1.39. The van der Waals surface area contributed by atoms with Gasteiger partial charge in [0.25, 0.3) is 5.91 Å². The lowest BCUT2D eigenvalue weighted by atomic mass is 10.2. The highest BCUT2D eigenvalue weighted by Crippen LogP contribution is 2.33. The molecule has 0 saturated carbocycles. The summed E-state index contributed by atoms with van der Waals surface area (Å²) >= 11 is 7.30. The Morgan fingerprint density at radius 2 is 1.90 bits per heavy atom. The first kappa shape index (κ1) is 19.9. The predicted octanol–water partition coefficient (Wildman–Crippen LogP) is 5.08. The van der Waals surface area contributed by atoms with Gasteiger partial charge in [0.1, 0.15) is 0 Å². The second-order valence-corrected chi connectivity index (χ2v) is 7.84. The number of carbonyl (C=O) groups is 1. The van der Waals surface area contributed by atoms with Crippen LogP contribution in [-0.2, 0) is 0 Å². The topological polar surface area (TPSA) is 87.6 Å². The third kappa shape index (κ3) is 3.87. The maximum absolute atomic E-state index is 12.5. The molecule has 0 fully saturated rings. The van der Waals surface area contributed by atoms with Crippen molar-refractivity contribution in [3.63, 3.8) is 0 Å². The third-order valence-corrected chi connectivity index (χ3v) is 5.70. The molecular weight excluding hydrogens is 424 g/mol. The summed E-state index contributed by atoms with van der Waals surface area (Å²) in [5.41, 5.74) is 2.60. The van der Waals surface area contributed by atoms with Crippen LogP contribution in [-0.4, -0.2) is 35.1 Å². The van der Waals surface area contributed by atoms with Crippen LogP contribution in [0.15, 0.2) is 54.7 Å². The van der Waals surface area contributed by atoms with Crippen molar-refractivity contribution in [1.29, 1.82) is 0 Å². The molecule has 0 aliphatic carbocycles. The maximum Gasteiger partial charge on any atom is 0.280 e. The zero-order chi connectivity index (χ0) is 21.3. The molecule has 9 heteroatoms. The zero-order valence-corrected chi connectivity index (χ0v) is 17.7. The molecule has 0 aliphatic rings. The van der Waals surface area contributed by atoms with Crippen LogP contribution in [0.25, 0.3) is 10.2 Å². The smallest absolute Gasteiger partial charge is 0.280 e. The number of hydrogen-bond donors (Lipinski definition) is 2. The van der Waals surface area contributed by atoms with Gasteiger partial charge in [0.2, 0.25) is 0 Å². The normalized spacial score (nSPS) is 10.8. The zero-order valence-electron chi connectivity index (χ0n) is 16.1. The molecule has 30 heavy (non-hydrogen) atoms. The SMILES string of the molecule is COc1ccnc(C(=O)Nc2nc3ccc(N(C)c4ccc(Cl)cc4)cc3s2)c1O. The highest BCUT2D eigenvalue weighted by molar-refractivity contribution is 7.22. The molecule has 0 unspecified atom stereocenters. The molecule has 2 aromatic heterocycles. The maximum atomic E-state index is 12.5. The number of aromatic hydroxyl groups is 1. The standard InChI is InChI=1S/C21H17ClN4O3S/c1-26(13-5-3-12(22)4-6-13)14-7-8-15-17(11-14)30-21(24-15)25-20(28)18-19(27)16(29-2)9-10-23-18/h3-11,27H,1-2H3,(H,24,25,28). The number of benzene rings is 2. The number of nitrogens with zero attached hydrogens (tertiary/aromatic N) is 3. The number of nitrogens with one attached hydrogen (secondary N) is 1. The van der Waals surface area contributed by atoms with Gasteiger partial charge in [-0.15, -0.1) is 0 Å². The molecule has 0 spiro atoms. The minimum Gasteiger partial charge on any atom is -0.503 e. The van der Waals surface area contributed by atoms with E-state index in [-0.39, 0.29) is 17.2 Å². The monoisotopic (exact) mass is 440 g/mol. The Morgan fingerprint density at radius 3 is 2.63 bits per heavy atom. The van der Waals surface area contributed by atoms with Crippen molar-refractivity contribution in [2.75, 3.05) is 24.4 Å². The highest BCUT2D eigenvalue weighted by atomic mass is 35.5. The minimum atomic E-state index is -0.566. The van der Waals surface area contributed by atoms with Gasteiger partial charge in [-0.2, -0.15) is 0 Å². The number of thiazole rings is 1. The molecular formula is C21H17ClN4O3S. The van der Waals surface area contributed by atoms with Crippen molar-refractivity contribution in [3.8, 4) is 11.5 Å². The second kappa shape index (κ2) is 8.17. The number of aromatic nitrogens is 2. The lowest BCUT2D eigenvalue weighted by Crippen LogP contribution is -2.13. The summed E-state index contributed by atoms with van der Waals surface area (Å²) in [6, 6.07) is 14.9. The molecule has 0 radical (unpaired) electrons. The lowest BCUT2D eigenvalue weighted by molar-refractivity contribution is 0.101. The molecule has 1 amide bonds. The van der Waals surface area contributed by atoms with Gasteiger partial charge < -0.3 is 14.7 Å². The second-order valence-electron chi connectivity index (χ2n) is 6.37. The van der Waals surface area contributed by atoms with Crippen LogP contribution in [0.3, 0.4) is 0 Å². The Balaban J connectivity index is 1.58. The van der Waals surface area contributed by atoms with Crippen molar-refractivity contribution >= 4 is 55.6 Å². The number of anilines is 3. The fraction of sp³-hybridized carbons (Fsp3) is 0.0952. The Hall–Kier alpha value is -3.36. The Kier molecular flexibility index (Phi) is 5.43. The van der Waals surface area contributed by atoms with E-state index in [1.807, 2.05) is 54.4 Å². The Morgan fingerprint density at radius 1 is 1.17 bits per heavy atom. The summed E-state index contributed by atoms with van der Waals surface area (Å²) in [5.74, 6) is -0.705. The van der Waals surface area contributed by atoms with E-state index in [0.29, 0.717) is 10.2 Å². The van der Waals surface area contributed by atoms with Crippen molar-refractivity contribution in [2.24, 2.45) is 0 Å². The van der Waals surface area contributed by atoms with Crippen molar-refractivity contribution in [1.82, 2.24) is 9.97 Å². The number of ether oxygens (including phenoxy) is 1. The van der Waals surface area contributed by atoms with E-state index in [2.05, 4.69) is 15.3 Å². The summed E-state index contributed by atoms with van der Waals surface area (Å²) in [6.45, 7) is 0. The Bertz CT molecular complexity index is 1230. The van der Waals surface area contributed by atoms with E-state index >= 15 is 0 Å². The van der Waals surface area contributed by atoms with Gasteiger partial charge in [-0.3, -0.25) is 10.1 Å². The number of methoxy groups -OCH3 is 1. The minimum absolute atomic E-state index is 0.128. The first-order chi connectivity index (χ1) is 14.5. The number of fused-ring (bicyclic) bond motifs is 1. The van der Waals surface area contributed by atoms with E-state index < -0.39 is 5.91 Å². The van der Waals surface area contributed by atoms with E-state index in [9.17, 15) is 9.90 Å². The quantitative estimate of drug-likeness (QED) is 0.450. The van der Waals surface area contributed by atoms with Gasteiger partial charge in [0, 0.05) is 35.7 Å². The summed E-state index contributed by atoms with van der Waals surface area (Å²) in [7, 11) is 3.37. The molecule has 4 rings (SSSR count). The lowest BCUT2D eigenvalue weighted by Gasteiger charge is -2.19. The first-order valence-corrected chi connectivity index (χ1v) is 10.1. The van der Waals surface area contributed by atoms with Gasteiger partial charge in [-0.05, 0) is 42.5 Å². The van der Waals surface area contributed by atoms with Gasteiger partial charge >= 0.3 is 0 Å². The largest absolute Gasteiger partial charge is 0.503 e. The van der Waals surface area contributed by atoms with Gasteiger partial charge in [-0.1, -0.05) is 22.9 Å². The van der Waals surface area contributed by atoms with Crippen molar-refractivity contribution < 1.29 is 14.6 Å². The molecule has 152 valence electrons. The third-order valence-electron chi connectivity index (χ3n) is 4.52. The molecule has 2 heterocycles. The average molecular weight is 441 g/mol. The molecule has 0 atom stereocenters. The number of amides is 1. The van der Waals surface area contributed by atoms with Crippen LogP contribution in [0.2, 0.25) is 5.02 Å². The van der Waals surface area contributed by atoms with E-state index in [0.717, 1.165) is 21.6 Å². The van der Waals surface area contributed by atoms with Crippen LogP contribution in [0, 0.1) is 0 Å². The van der Waals surface area contributed by atoms with E-state index in [4.69, 9.17) is 16.3 Å². The molecule has 0 bridgehead atoms. The van der Waals surface area contributed by atoms with Gasteiger partial charge in [0.05, 0.1) is 17.3 Å². The summed E-state index contributed by atoms with van der Waals surface area (Å²) in [4.78, 5) is 22.9. The predicted molar refractivity (Wildman–Crippen MR) is 120 cm³/mol. The molecule has 4 aromatic rings. The highest BCUT2D eigenvalue weighted by Gasteiger charge is 2.18. The van der Waals surface area contributed by atoms with Crippen LogP contribution >= 0.6 is 22.9 Å². The van der Waals surface area contributed by atoms with Crippen molar-refractivity contribution in [2.45, 2.75) is 0 Å². The molecule has 0 saturated heterocycles. The van der Waals surface area contributed by atoms with Crippen molar-refractivity contribution in [3.05, 3.63) is 65.4 Å². The number of carbonyl (C=O) groups excluding carboxylic acids is 1. The summed E-state index contributed by atoms with van der Waals surface area (Å²) in [5, 5.41) is 13.9. The summed E-state index contributed by atoms with van der Waals surface area (Å²) < 4.78 is 5.93. The van der Waals surface area contributed by atoms with Gasteiger partial charge in [-0.25, -0.2) is 9.97 Å². The van der Waals surface area contributed by atoms with Gasteiger partial charge in [0.15, 0.2) is 22.3 Å². The van der Waals surface area contributed by atoms with Crippen LogP contribution < -0.4 is 15.0 Å². The number of rotatable bonds is 5. The molecule has 0 aliphatic heterocycles. The van der Waals surface area contributed by atoms with E-state index in [1.54, 1.807) is 0 Å². The van der Waals surface area contributed by atoms with E-state index in [1.165, 1.54) is 30.7 Å². The molecule has 2 aromatic carbocycles. The molecule has 2 N–H and O–H groups in total. The molecule has 7 nitrogen and oxygen atoms in total. The number of hydrogen-bond acceptors (Lipinski definition) is 7. The fourth-order valence-corrected chi connectivity index (χ4v) is 3.93. The van der Waals surface area contributed by atoms with Crippen LogP contribution in [0.1, 0.15) is 10.5 Å². The van der Waals surface area contributed by atoms with Crippen LogP contribution in [0.5, 0.6) is 11.5 Å². The first-order valence-electron chi connectivity index (χ1n) is 8.89. The average Bonchev–Trinajstić information content (AvgIpc) is 3.15. The van der Waals surface area contributed by atoms with Crippen LogP contribution in [0.4, 0.5) is 16.5 Å². The number of pyridine rings is 1. The fourth-order valence-electron chi connectivity index (χ4n) is 2.91. The Labute approximate surface area is 181 Å². The number of halogens is 1.